The van der Waals surface area contributed by atoms with E-state index in [1.54, 1.807) is 12.3 Å². The lowest BCUT2D eigenvalue weighted by molar-refractivity contribution is 0.298. The van der Waals surface area contributed by atoms with Crippen LogP contribution in [0.4, 0.5) is 0 Å². The monoisotopic (exact) mass is 503 g/mol. The normalized spacial score (nSPS) is 15.2. The number of rotatable bonds is 8. The summed E-state index contributed by atoms with van der Waals surface area (Å²) >= 11 is -1.33. The molecular weight excluding hydrogens is 474 g/mol. The van der Waals surface area contributed by atoms with Crippen LogP contribution in [-0.2, 0) is 11.4 Å². The number of ether oxygens (including phenoxy) is 2. The molecule has 1 fully saturated rings. The Balaban J connectivity index is 1.29. The molecule has 2 heterocycles. The third-order valence-corrected chi connectivity index (χ3v) is 7.23. The van der Waals surface area contributed by atoms with Gasteiger partial charge < -0.3 is 18.4 Å². The average Bonchev–Trinajstić information content (AvgIpc) is 3.59. The van der Waals surface area contributed by atoms with Crippen LogP contribution in [0.3, 0.4) is 0 Å². The molecule has 186 valence electrons. The molecule has 0 saturated heterocycles. The lowest BCUT2D eigenvalue weighted by Gasteiger charge is -2.18. The Kier molecular flexibility index (Phi) is 6.73. The van der Waals surface area contributed by atoms with E-state index in [0.29, 0.717) is 34.7 Å². The molecule has 8 heteroatoms. The van der Waals surface area contributed by atoms with Crippen LogP contribution in [0, 0.1) is 5.92 Å². The van der Waals surface area contributed by atoms with Gasteiger partial charge in [-0.2, -0.15) is 0 Å². The molecule has 4 aromatic rings. The SMILES string of the molecule is C/C(=N\[S@@+]([O-])C(C)(C)C)c1ccc2nc(-c3ccc(Oc4cccc(OCC5CC5)c4)nc3)oc2c1. The van der Waals surface area contributed by atoms with Gasteiger partial charge in [-0.3, -0.25) is 0 Å². The van der Waals surface area contributed by atoms with Gasteiger partial charge in [-0.05, 0) is 76.8 Å². The van der Waals surface area contributed by atoms with Crippen molar-refractivity contribution in [2.45, 2.75) is 45.3 Å². The first-order chi connectivity index (χ1) is 17.2. The summed E-state index contributed by atoms with van der Waals surface area (Å²) in [5.41, 5.74) is 3.62. The van der Waals surface area contributed by atoms with Crippen LogP contribution in [0.15, 0.2) is 69.6 Å². The van der Waals surface area contributed by atoms with Crippen LogP contribution in [0.2, 0.25) is 0 Å². The molecule has 7 nitrogen and oxygen atoms in total. The number of benzene rings is 2. The van der Waals surface area contributed by atoms with Gasteiger partial charge in [0, 0.05) is 23.9 Å². The van der Waals surface area contributed by atoms with Crippen LogP contribution in [0.5, 0.6) is 17.4 Å². The van der Waals surface area contributed by atoms with Crippen molar-refractivity contribution in [3.63, 3.8) is 0 Å². The molecule has 1 saturated carbocycles. The fourth-order valence-electron chi connectivity index (χ4n) is 3.40. The van der Waals surface area contributed by atoms with Gasteiger partial charge in [-0.15, -0.1) is 0 Å². The van der Waals surface area contributed by atoms with Gasteiger partial charge in [-0.1, -0.05) is 16.5 Å². The second kappa shape index (κ2) is 9.95. The molecule has 0 amide bonds. The minimum atomic E-state index is -1.33. The Bertz CT molecular complexity index is 1390. The first-order valence-corrected chi connectivity index (χ1v) is 13.1. The molecule has 1 aliphatic rings. The second-order valence-electron chi connectivity index (χ2n) is 9.96. The number of hydrogen-bond acceptors (Lipinski definition) is 7. The highest BCUT2D eigenvalue weighted by Crippen LogP contribution is 2.31. The van der Waals surface area contributed by atoms with Crippen LogP contribution in [0.1, 0.15) is 46.1 Å². The number of hydrogen-bond donors (Lipinski definition) is 0. The molecule has 5 rings (SSSR count). The molecule has 0 unspecified atom stereocenters. The molecule has 36 heavy (non-hydrogen) atoms. The summed E-state index contributed by atoms with van der Waals surface area (Å²) in [7, 11) is 0. The number of nitrogens with zero attached hydrogens (tertiary/aromatic N) is 3. The van der Waals surface area contributed by atoms with Crippen LogP contribution in [0.25, 0.3) is 22.6 Å². The number of fused-ring (bicyclic) bond motifs is 1. The van der Waals surface area contributed by atoms with E-state index in [9.17, 15) is 4.55 Å². The van der Waals surface area contributed by atoms with E-state index in [-0.39, 0.29) is 0 Å². The highest BCUT2D eigenvalue weighted by Gasteiger charge is 2.27. The van der Waals surface area contributed by atoms with Gasteiger partial charge in [0.15, 0.2) is 5.58 Å². The fourth-order valence-corrected chi connectivity index (χ4v) is 4.03. The lowest BCUT2D eigenvalue weighted by Crippen LogP contribution is -2.26. The summed E-state index contributed by atoms with van der Waals surface area (Å²) in [4.78, 5) is 9.00. The van der Waals surface area contributed by atoms with Crippen molar-refractivity contribution in [1.29, 1.82) is 0 Å². The molecule has 0 bridgehead atoms. The van der Waals surface area contributed by atoms with Crippen molar-refractivity contribution < 1.29 is 18.4 Å². The lowest BCUT2D eigenvalue weighted by atomic mass is 10.1. The van der Waals surface area contributed by atoms with E-state index >= 15 is 0 Å². The minimum absolute atomic E-state index is 0.416. The maximum absolute atomic E-state index is 12.4. The highest BCUT2D eigenvalue weighted by molar-refractivity contribution is 7.91. The predicted octanol–water partition coefficient (Wildman–Crippen LogP) is 6.74. The third-order valence-electron chi connectivity index (χ3n) is 5.74. The van der Waals surface area contributed by atoms with E-state index in [1.807, 2.05) is 76.2 Å². The van der Waals surface area contributed by atoms with E-state index < -0.39 is 16.1 Å². The van der Waals surface area contributed by atoms with Crippen molar-refractivity contribution in [3.8, 4) is 28.8 Å². The topological polar surface area (TPSA) is 92.8 Å². The summed E-state index contributed by atoms with van der Waals surface area (Å²) in [6.45, 7) is 8.30. The zero-order chi connectivity index (χ0) is 25.3. The van der Waals surface area contributed by atoms with Crippen LogP contribution in [-0.4, -0.2) is 31.6 Å². The summed E-state index contributed by atoms with van der Waals surface area (Å²) in [5, 5.41) is 0. The Labute approximate surface area is 213 Å². The van der Waals surface area contributed by atoms with Crippen molar-refractivity contribution in [2.75, 3.05) is 6.61 Å². The molecule has 0 N–H and O–H groups in total. The summed E-state index contributed by atoms with van der Waals surface area (Å²) in [5.74, 6) is 3.09. The molecule has 0 radical (unpaired) electrons. The smallest absolute Gasteiger partial charge is 0.228 e. The maximum atomic E-state index is 12.4. The van der Waals surface area contributed by atoms with E-state index in [2.05, 4.69) is 14.4 Å². The first-order valence-electron chi connectivity index (χ1n) is 12.0. The summed E-state index contributed by atoms with van der Waals surface area (Å²) in [6, 6.07) is 16.9. The summed E-state index contributed by atoms with van der Waals surface area (Å²) in [6.07, 6.45) is 4.18. The first kappa shape index (κ1) is 24.3. The molecule has 2 aromatic carbocycles. The zero-order valence-electron chi connectivity index (χ0n) is 20.9. The van der Waals surface area contributed by atoms with E-state index in [0.717, 1.165) is 29.0 Å². The molecule has 0 spiro atoms. The maximum Gasteiger partial charge on any atom is 0.228 e. The molecule has 2 aromatic heterocycles. The molecular formula is C28H29N3O4S. The minimum Gasteiger partial charge on any atom is -0.591 e. The second-order valence-corrected chi connectivity index (χ2v) is 11.9. The number of pyridine rings is 1. The molecule has 1 aliphatic carbocycles. The third kappa shape index (κ3) is 5.88. The molecule has 0 aliphatic heterocycles. The van der Waals surface area contributed by atoms with Gasteiger partial charge in [0.05, 0.1) is 17.9 Å². The van der Waals surface area contributed by atoms with Crippen molar-refractivity contribution >= 4 is 28.2 Å². The van der Waals surface area contributed by atoms with Crippen molar-refractivity contribution in [1.82, 2.24) is 9.97 Å². The summed E-state index contributed by atoms with van der Waals surface area (Å²) < 4.78 is 34.1. The van der Waals surface area contributed by atoms with Gasteiger partial charge in [0.25, 0.3) is 0 Å². The predicted molar refractivity (Wildman–Crippen MR) is 142 cm³/mol. The van der Waals surface area contributed by atoms with E-state index in [4.69, 9.17) is 13.9 Å². The zero-order valence-corrected chi connectivity index (χ0v) is 21.7. The highest BCUT2D eigenvalue weighted by atomic mass is 32.2. The number of oxazole rings is 1. The average molecular weight is 504 g/mol. The Morgan fingerprint density at radius 1 is 1.11 bits per heavy atom. The van der Waals surface area contributed by atoms with Gasteiger partial charge >= 0.3 is 0 Å². The van der Waals surface area contributed by atoms with Crippen molar-refractivity contribution in [3.05, 3.63) is 66.4 Å². The standard InChI is InChI=1S/C28H29N3O4S/c1-18(31-36(32)28(2,3)4)20-10-12-24-25(14-20)35-27(30-24)21-11-13-26(29-16-21)34-23-7-5-6-22(15-23)33-17-19-8-9-19/h5-7,10-16,19H,8-9,17H2,1-4H3/b31-18+/t36-/m0/s1. The van der Waals surface area contributed by atoms with E-state index in [1.165, 1.54) is 12.8 Å². The van der Waals surface area contributed by atoms with Crippen molar-refractivity contribution in [2.24, 2.45) is 10.3 Å². The Morgan fingerprint density at radius 2 is 1.92 bits per heavy atom. The Morgan fingerprint density at radius 3 is 2.64 bits per heavy atom. The fraction of sp³-hybridized carbons (Fsp3) is 0.321. The van der Waals surface area contributed by atoms with Crippen LogP contribution >= 0.6 is 0 Å². The quantitative estimate of drug-likeness (QED) is 0.195. The van der Waals surface area contributed by atoms with Crippen LogP contribution < -0.4 is 9.47 Å². The molecule has 1 atom stereocenters. The van der Waals surface area contributed by atoms with Gasteiger partial charge in [0.1, 0.15) is 33.1 Å². The Hall–Kier alpha value is -3.36. The van der Waals surface area contributed by atoms with Gasteiger partial charge in [-0.25, -0.2) is 9.97 Å². The van der Waals surface area contributed by atoms with Gasteiger partial charge in [0.2, 0.25) is 11.8 Å². The largest absolute Gasteiger partial charge is 0.591 e. The number of aromatic nitrogens is 2.